The predicted octanol–water partition coefficient (Wildman–Crippen LogP) is 1.77. The fourth-order valence-electron chi connectivity index (χ4n) is 4.86. The molecule has 98 valence electrons. The van der Waals surface area contributed by atoms with Crippen LogP contribution in [0.15, 0.2) is 4.99 Å². The Morgan fingerprint density at radius 1 is 1.33 bits per heavy atom. The third-order valence-corrected chi connectivity index (χ3v) is 4.87. The van der Waals surface area contributed by atoms with Gasteiger partial charge in [-0.25, -0.2) is 9.59 Å². The summed E-state index contributed by atoms with van der Waals surface area (Å²) >= 11 is 0. The number of isocyanates is 1. The highest BCUT2D eigenvalue weighted by Gasteiger charge is 2.58. The average molecular weight is 250 g/mol. The summed E-state index contributed by atoms with van der Waals surface area (Å²) in [5.74, 6) is 1.14. The molecule has 18 heavy (non-hydrogen) atoms. The van der Waals surface area contributed by atoms with Crippen LogP contribution in [0.5, 0.6) is 0 Å². The van der Waals surface area contributed by atoms with E-state index in [1.165, 1.54) is 13.5 Å². The van der Waals surface area contributed by atoms with Crippen molar-refractivity contribution in [2.24, 2.45) is 16.8 Å². The number of carbonyl (C=O) groups excluding carboxylic acids is 2. The minimum absolute atomic E-state index is 0.211. The summed E-state index contributed by atoms with van der Waals surface area (Å²) in [6.45, 7) is 0. The second-order valence-corrected chi connectivity index (χ2v) is 6.29. The molecule has 4 rings (SSSR count). The van der Waals surface area contributed by atoms with Crippen LogP contribution in [0.1, 0.15) is 38.5 Å². The van der Waals surface area contributed by atoms with Crippen molar-refractivity contribution in [2.75, 3.05) is 7.11 Å². The fourth-order valence-corrected chi connectivity index (χ4v) is 4.86. The molecule has 2 unspecified atom stereocenters. The highest BCUT2D eigenvalue weighted by atomic mass is 16.5. The largest absolute Gasteiger partial charge is 0.453 e. The SMILES string of the molecule is COC(=O)NC12CC3CC(CC(N=C=O)(C3)C1)C2. The van der Waals surface area contributed by atoms with Crippen LogP contribution in [-0.2, 0) is 9.53 Å². The molecule has 1 N–H and O–H groups in total. The number of hydrogen-bond donors (Lipinski definition) is 1. The van der Waals surface area contributed by atoms with Gasteiger partial charge in [0.15, 0.2) is 0 Å². The van der Waals surface area contributed by atoms with Crippen molar-refractivity contribution < 1.29 is 14.3 Å². The smallest absolute Gasteiger partial charge is 0.407 e. The van der Waals surface area contributed by atoms with Gasteiger partial charge in [-0.1, -0.05) is 0 Å². The van der Waals surface area contributed by atoms with E-state index in [-0.39, 0.29) is 17.2 Å². The van der Waals surface area contributed by atoms with E-state index in [2.05, 4.69) is 10.3 Å². The molecule has 0 radical (unpaired) electrons. The van der Waals surface area contributed by atoms with Crippen molar-refractivity contribution in [3.8, 4) is 0 Å². The molecule has 0 aromatic rings. The van der Waals surface area contributed by atoms with E-state index in [0.29, 0.717) is 11.8 Å². The van der Waals surface area contributed by atoms with Crippen LogP contribution in [-0.4, -0.2) is 30.4 Å². The third kappa shape index (κ3) is 1.74. The zero-order valence-corrected chi connectivity index (χ0v) is 10.6. The first kappa shape index (κ1) is 11.7. The quantitative estimate of drug-likeness (QED) is 0.600. The number of amides is 1. The summed E-state index contributed by atoms with van der Waals surface area (Å²) < 4.78 is 4.72. The molecule has 0 aromatic carbocycles. The Morgan fingerprint density at radius 3 is 2.56 bits per heavy atom. The highest BCUT2D eigenvalue weighted by molar-refractivity contribution is 5.68. The summed E-state index contributed by atoms with van der Waals surface area (Å²) in [5, 5.41) is 3.01. The lowest BCUT2D eigenvalue weighted by Crippen LogP contribution is -2.64. The third-order valence-electron chi connectivity index (χ3n) is 4.87. The molecule has 1 amide bonds. The molecule has 4 fully saturated rings. The number of aliphatic imine (C=N–C) groups is 1. The summed E-state index contributed by atoms with van der Waals surface area (Å²) in [5.41, 5.74) is -0.482. The van der Waals surface area contributed by atoms with Gasteiger partial charge in [-0.15, -0.1) is 0 Å². The second kappa shape index (κ2) is 3.82. The maximum absolute atomic E-state index is 11.5. The van der Waals surface area contributed by atoms with Crippen molar-refractivity contribution in [1.29, 1.82) is 0 Å². The number of rotatable bonds is 2. The molecule has 5 nitrogen and oxygen atoms in total. The Bertz CT molecular complexity index is 414. The van der Waals surface area contributed by atoms with Gasteiger partial charge in [0.1, 0.15) is 0 Å². The molecule has 4 saturated carbocycles. The Balaban J connectivity index is 1.89. The normalized spacial score (nSPS) is 44.3. The predicted molar refractivity (Wildman–Crippen MR) is 63.8 cm³/mol. The number of alkyl carbamates (subject to hydrolysis) is 1. The first-order valence-corrected chi connectivity index (χ1v) is 6.54. The minimum atomic E-state index is -0.373. The zero-order valence-electron chi connectivity index (χ0n) is 10.6. The zero-order chi connectivity index (χ0) is 12.8. The molecule has 4 aliphatic rings. The Labute approximate surface area is 106 Å². The Morgan fingerprint density at radius 2 is 2.00 bits per heavy atom. The second-order valence-electron chi connectivity index (χ2n) is 6.29. The first-order chi connectivity index (χ1) is 8.59. The maximum atomic E-state index is 11.5. The van der Waals surface area contributed by atoms with Gasteiger partial charge < -0.3 is 10.1 Å². The van der Waals surface area contributed by atoms with Gasteiger partial charge in [-0.05, 0) is 50.4 Å². The van der Waals surface area contributed by atoms with E-state index in [1.807, 2.05) is 0 Å². The van der Waals surface area contributed by atoms with E-state index in [9.17, 15) is 9.59 Å². The van der Waals surface area contributed by atoms with Crippen LogP contribution in [0.25, 0.3) is 0 Å². The summed E-state index contributed by atoms with van der Waals surface area (Å²) in [7, 11) is 1.38. The van der Waals surface area contributed by atoms with Crippen LogP contribution in [0, 0.1) is 11.8 Å². The van der Waals surface area contributed by atoms with Crippen LogP contribution in [0.3, 0.4) is 0 Å². The van der Waals surface area contributed by atoms with Gasteiger partial charge in [0.05, 0.1) is 12.6 Å². The number of methoxy groups -OCH3 is 1. The molecule has 0 heterocycles. The lowest BCUT2D eigenvalue weighted by Gasteiger charge is -2.59. The number of nitrogens with one attached hydrogen (secondary N) is 1. The van der Waals surface area contributed by atoms with E-state index >= 15 is 0 Å². The van der Waals surface area contributed by atoms with Crippen molar-refractivity contribution in [3.05, 3.63) is 0 Å². The Kier molecular flexibility index (Phi) is 2.49. The van der Waals surface area contributed by atoms with Gasteiger partial charge in [0.25, 0.3) is 0 Å². The standard InChI is InChI=1S/C13H18N2O3/c1-18-11(17)15-13-5-9-2-10(6-13)4-12(3-9,7-13)14-8-16/h9-10H,2-7H2,1H3,(H,15,17). The number of ether oxygens (including phenoxy) is 1. The van der Waals surface area contributed by atoms with E-state index in [0.717, 1.165) is 32.1 Å². The molecule has 0 saturated heterocycles. The van der Waals surface area contributed by atoms with E-state index in [1.54, 1.807) is 6.08 Å². The molecule has 2 atom stereocenters. The van der Waals surface area contributed by atoms with Crippen molar-refractivity contribution in [2.45, 2.75) is 49.6 Å². The molecular weight excluding hydrogens is 232 g/mol. The highest BCUT2D eigenvalue weighted by Crippen LogP contribution is 2.58. The van der Waals surface area contributed by atoms with Gasteiger partial charge >= 0.3 is 6.09 Å². The van der Waals surface area contributed by atoms with E-state index in [4.69, 9.17) is 4.74 Å². The molecule has 4 aliphatic carbocycles. The lowest BCUT2D eigenvalue weighted by molar-refractivity contribution is -0.0322. The van der Waals surface area contributed by atoms with Crippen LogP contribution in [0.4, 0.5) is 4.79 Å². The molecule has 5 heteroatoms. The molecular formula is C13H18N2O3. The van der Waals surface area contributed by atoms with Gasteiger partial charge in [-0.2, -0.15) is 4.99 Å². The van der Waals surface area contributed by atoms with Crippen molar-refractivity contribution >= 4 is 12.2 Å². The summed E-state index contributed by atoms with van der Waals surface area (Å²) in [4.78, 5) is 26.3. The molecule has 0 aliphatic heterocycles. The number of carbonyl (C=O) groups is 1. The number of nitrogens with zero attached hydrogens (tertiary/aromatic N) is 1. The topological polar surface area (TPSA) is 67.8 Å². The number of hydrogen-bond acceptors (Lipinski definition) is 4. The van der Waals surface area contributed by atoms with Gasteiger partial charge in [0, 0.05) is 5.54 Å². The van der Waals surface area contributed by atoms with Crippen molar-refractivity contribution in [1.82, 2.24) is 5.32 Å². The van der Waals surface area contributed by atoms with Gasteiger partial charge in [-0.3, -0.25) is 0 Å². The first-order valence-electron chi connectivity index (χ1n) is 6.54. The van der Waals surface area contributed by atoms with E-state index < -0.39 is 0 Å². The minimum Gasteiger partial charge on any atom is -0.453 e. The Hall–Kier alpha value is -1.35. The van der Waals surface area contributed by atoms with Crippen LogP contribution in [0.2, 0.25) is 0 Å². The van der Waals surface area contributed by atoms with Crippen LogP contribution >= 0.6 is 0 Å². The summed E-state index contributed by atoms with van der Waals surface area (Å²) in [6, 6.07) is 0. The van der Waals surface area contributed by atoms with Crippen LogP contribution < -0.4 is 5.32 Å². The lowest BCUT2D eigenvalue weighted by atomic mass is 9.50. The maximum Gasteiger partial charge on any atom is 0.407 e. The van der Waals surface area contributed by atoms with Crippen molar-refractivity contribution in [3.63, 3.8) is 0 Å². The summed E-state index contributed by atoms with van der Waals surface area (Å²) in [6.07, 6.45) is 7.28. The molecule has 4 bridgehead atoms. The fraction of sp³-hybridized carbons (Fsp3) is 0.846. The molecule has 0 aromatic heterocycles. The van der Waals surface area contributed by atoms with Gasteiger partial charge in [0.2, 0.25) is 6.08 Å². The average Bonchev–Trinajstić information content (AvgIpc) is 2.26. The monoisotopic (exact) mass is 250 g/mol. The molecule has 0 spiro atoms.